The number of carbonyl (C=O) groups is 1. The topological polar surface area (TPSA) is 129 Å². The molecule has 1 aromatic carbocycles. The molecule has 1 amide bonds. The number of halogens is 1. The average Bonchev–Trinajstić information content (AvgIpc) is 3.09. The summed E-state index contributed by atoms with van der Waals surface area (Å²) in [6.07, 6.45) is 4.37. The summed E-state index contributed by atoms with van der Waals surface area (Å²) in [4.78, 5) is 23.2. The van der Waals surface area contributed by atoms with E-state index >= 15 is 0 Å². The zero-order chi connectivity index (χ0) is 24.6. The summed E-state index contributed by atoms with van der Waals surface area (Å²) >= 11 is 0. The molecule has 34 heavy (non-hydrogen) atoms. The molecule has 5 atom stereocenters. The van der Waals surface area contributed by atoms with Crippen molar-refractivity contribution in [2.45, 2.75) is 51.7 Å². The van der Waals surface area contributed by atoms with Gasteiger partial charge in [-0.25, -0.2) is 14.4 Å². The lowest BCUT2D eigenvalue weighted by atomic mass is 9.59. The van der Waals surface area contributed by atoms with Crippen LogP contribution in [-0.2, 0) is 22.5 Å². The van der Waals surface area contributed by atoms with Crippen molar-refractivity contribution < 1.29 is 13.9 Å². The third kappa shape index (κ3) is 4.14. The molecule has 3 N–H and O–H groups in total. The van der Waals surface area contributed by atoms with E-state index in [4.69, 9.17) is 15.9 Å². The summed E-state index contributed by atoms with van der Waals surface area (Å²) in [5.41, 5.74) is 7.80. The second-order valence-corrected chi connectivity index (χ2v) is 9.69. The third-order valence-corrected chi connectivity index (χ3v) is 7.37. The van der Waals surface area contributed by atoms with Crippen molar-refractivity contribution in [1.82, 2.24) is 14.9 Å². The van der Waals surface area contributed by atoms with Gasteiger partial charge in [-0.05, 0) is 59.8 Å². The summed E-state index contributed by atoms with van der Waals surface area (Å²) in [5, 5.41) is 17.6. The number of nitrogens with two attached hydrogens (primary N) is 1. The van der Waals surface area contributed by atoms with Crippen LogP contribution in [0.3, 0.4) is 0 Å². The molecule has 9 heteroatoms. The number of fused-ring (bicyclic) bond motifs is 1. The van der Waals surface area contributed by atoms with E-state index in [1.165, 1.54) is 0 Å². The molecule has 0 aliphatic heterocycles. The molecule has 0 radical (unpaired) electrons. The standard InChI is InChI=1S/C25H29FN6O2/c1-14-7-25(8-15(2)22(14)34-3)9-17-5-4-16(10-27)6-19(17)21(25)23(33)32(24(28)29)13-20-30-11-18(26)12-31-20/h4-6,11-12,14-15,21-22H,7-9,13H2,1-3H3,(H3,28,29)/t14-,15+,21?,22?,25?. The number of rotatable bonds is 4. The number of hydrogen-bond donors (Lipinski definition) is 2. The van der Waals surface area contributed by atoms with Gasteiger partial charge in [-0.1, -0.05) is 19.9 Å². The van der Waals surface area contributed by atoms with Gasteiger partial charge in [0.25, 0.3) is 0 Å². The third-order valence-electron chi connectivity index (χ3n) is 7.37. The molecule has 1 saturated carbocycles. The zero-order valence-corrected chi connectivity index (χ0v) is 19.6. The van der Waals surface area contributed by atoms with Crippen LogP contribution in [0.5, 0.6) is 0 Å². The predicted molar refractivity (Wildman–Crippen MR) is 123 cm³/mol. The molecule has 1 aromatic heterocycles. The summed E-state index contributed by atoms with van der Waals surface area (Å²) < 4.78 is 19.0. The van der Waals surface area contributed by atoms with Crippen molar-refractivity contribution in [2.24, 2.45) is 23.0 Å². The van der Waals surface area contributed by atoms with Crippen LogP contribution in [0.2, 0.25) is 0 Å². The van der Waals surface area contributed by atoms with Gasteiger partial charge in [0.2, 0.25) is 5.91 Å². The first-order valence-electron chi connectivity index (χ1n) is 11.4. The Kier molecular flexibility index (Phi) is 6.36. The Morgan fingerprint density at radius 2 is 1.97 bits per heavy atom. The number of nitrogens with one attached hydrogen (secondary N) is 1. The van der Waals surface area contributed by atoms with E-state index in [1.54, 1.807) is 19.2 Å². The Hall–Kier alpha value is -3.38. The minimum atomic E-state index is -0.588. The number of guanidine groups is 1. The molecule has 1 fully saturated rings. The monoisotopic (exact) mass is 464 g/mol. The van der Waals surface area contributed by atoms with Gasteiger partial charge >= 0.3 is 0 Å². The number of ether oxygens (including phenoxy) is 1. The van der Waals surface area contributed by atoms with Gasteiger partial charge in [0.05, 0.1) is 42.6 Å². The number of methoxy groups -OCH3 is 1. The molecular weight excluding hydrogens is 435 g/mol. The van der Waals surface area contributed by atoms with Crippen molar-refractivity contribution in [2.75, 3.05) is 7.11 Å². The van der Waals surface area contributed by atoms with Crippen molar-refractivity contribution in [3.63, 3.8) is 0 Å². The Labute approximate surface area is 198 Å². The molecule has 8 nitrogen and oxygen atoms in total. The lowest BCUT2D eigenvalue weighted by Gasteiger charge is -2.48. The summed E-state index contributed by atoms with van der Waals surface area (Å²) in [5.74, 6) is -1.29. The second-order valence-electron chi connectivity index (χ2n) is 9.69. The highest BCUT2D eigenvalue weighted by atomic mass is 19.1. The zero-order valence-electron chi connectivity index (χ0n) is 19.6. The average molecular weight is 465 g/mol. The SMILES string of the molecule is COC1[C@H](C)CC2(Cc3ccc(C#N)cc3C2C(=O)N(Cc2ncc(F)cn2)C(=N)N)C[C@@H]1C. The van der Waals surface area contributed by atoms with Gasteiger partial charge < -0.3 is 10.5 Å². The lowest BCUT2D eigenvalue weighted by molar-refractivity contribution is -0.136. The van der Waals surface area contributed by atoms with E-state index in [9.17, 15) is 14.4 Å². The molecule has 3 unspecified atom stereocenters. The van der Waals surface area contributed by atoms with Crippen LogP contribution in [0.25, 0.3) is 0 Å². The fourth-order valence-corrected chi connectivity index (χ4v) is 6.30. The van der Waals surface area contributed by atoms with Crippen LogP contribution in [-0.4, -0.2) is 39.9 Å². The molecule has 2 aliphatic carbocycles. The van der Waals surface area contributed by atoms with Crippen LogP contribution >= 0.6 is 0 Å². The smallest absolute Gasteiger partial charge is 0.237 e. The van der Waals surface area contributed by atoms with Crippen molar-refractivity contribution in [1.29, 1.82) is 10.7 Å². The number of amides is 1. The lowest BCUT2D eigenvalue weighted by Crippen LogP contribution is -2.50. The molecule has 2 aliphatic rings. The number of aromatic nitrogens is 2. The van der Waals surface area contributed by atoms with Crippen LogP contribution in [0, 0.1) is 39.8 Å². The van der Waals surface area contributed by atoms with E-state index in [-0.39, 0.29) is 36.2 Å². The van der Waals surface area contributed by atoms with E-state index in [2.05, 4.69) is 29.9 Å². The molecule has 1 heterocycles. The van der Waals surface area contributed by atoms with Gasteiger partial charge in [0, 0.05) is 7.11 Å². The Balaban J connectivity index is 1.77. The van der Waals surface area contributed by atoms with Gasteiger partial charge in [0.1, 0.15) is 5.82 Å². The predicted octanol–water partition coefficient (Wildman–Crippen LogP) is 3.12. The van der Waals surface area contributed by atoms with Gasteiger partial charge in [0.15, 0.2) is 11.8 Å². The first-order valence-corrected chi connectivity index (χ1v) is 11.4. The molecular formula is C25H29FN6O2. The van der Waals surface area contributed by atoms with Crippen LogP contribution in [0.15, 0.2) is 30.6 Å². The minimum Gasteiger partial charge on any atom is -0.381 e. The van der Waals surface area contributed by atoms with Crippen molar-refractivity contribution in [3.05, 3.63) is 58.9 Å². The maximum absolute atomic E-state index is 14.1. The Bertz CT molecular complexity index is 1130. The Morgan fingerprint density at radius 3 is 2.53 bits per heavy atom. The highest BCUT2D eigenvalue weighted by Gasteiger charge is 2.55. The minimum absolute atomic E-state index is 0.0938. The highest BCUT2D eigenvalue weighted by Crippen LogP contribution is 2.58. The Morgan fingerprint density at radius 1 is 1.32 bits per heavy atom. The summed E-state index contributed by atoms with van der Waals surface area (Å²) in [7, 11) is 1.72. The molecule has 0 bridgehead atoms. The number of hydrogen-bond acceptors (Lipinski definition) is 6. The van der Waals surface area contributed by atoms with E-state index in [0.717, 1.165) is 41.3 Å². The molecule has 4 rings (SSSR count). The van der Waals surface area contributed by atoms with Crippen LogP contribution in [0.4, 0.5) is 4.39 Å². The number of nitriles is 1. The van der Waals surface area contributed by atoms with Crippen molar-refractivity contribution in [3.8, 4) is 6.07 Å². The van der Waals surface area contributed by atoms with E-state index < -0.39 is 23.1 Å². The molecule has 2 aromatic rings. The largest absolute Gasteiger partial charge is 0.381 e. The van der Waals surface area contributed by atoms with Gasteiger partial charge in [-0.15, -0.1) is 0 Å². The van der Waals surface area contributed by atoms with Crippen molar-refractivity contribution >= 4 is 11.9 Å². The fourth-order valence-electron chi connectivity index (χ4n) is 6.30. The van der Waals surface area contributed by atoms with E-state index in [0.29, 0.717) is 12.0 Å². The number of carbonyl (C=O) groups excluding carboxylic acids is 1. The highest BCUT2D eigenvalue weighted by molar-refractivity contribution is 5.99. The molecule has 0 saturated heterocycles. The molecule has 178 valence electrons. The molecule has 1 spiro atoms. The maximum Gasteiger partial charge on any atom is 0.237 e. The quantitative estimate of drug-likeness (QED) is 0.528. The second kappa shape index (κ2) is 9.11. The van der Waals surface area contributed by atoms with Gasteiger partial charge in [-0.2, -0.15) is 5.26 Å². The van der Waals surface area contributed by atoms with E-state index in [1.807, 2.05) is 6.07 Å². The van der Waals surface area contributed by atoms with Crippen LogP contribution < -0.4 is 5.73 Å². The first-order chi connectivity index (χ1) is 16.2. The summed E-state index contributed by atoms with van der Waals surface area (Å²) in [6.45, 7) is 4.15. The summed E-state index contributed by atoms with van der Waals surface area (Å²) in [6, 6.07) is 7.67. The fraction of sp³-hybridized carbons (Fsp3) is 0.480. The normalized spacial score (nSPS) is 27.7. The maximum atomic E-state index is 14.1. The number of nitrogens with zero attached hydrogens (tertiary/aromatic N) is 4. The van der Waals surface area contributed by atoms with Crippen LogP contribution in [0.1, 0.15) is 55.1 Å². The first kappa shape index (κ1) is 23.8. The number of benzene rings is 1. The van der Waals surface area contributed by atoms with Gasteiger partial charge in [-0.3, -0.25) is 15.1 Å².